The molecular formula is C14H22ClN3O. The summed E-state index contributed by atoms with van der Waals surface area (Å²) in [6, 6.07) is 5.90. The Kier molecular flexibility index (Phi) is 6.12. The molecule has 0 unspecified atom stereocenters. The van der Waals surface area contributed by atoms with E-state index in [0.717, 1.165) is 30.3 Å². The number of likely N-dealkylation sites (N-methyl/N-ethyl adjacent to an activating group) is 2. The third-order valence-corrected chi connectivity index (χ3v) is 3.31. The normalized spacial score (nSPS) is 10.8. The standard InChI is InChI=1S/C14H22ClN3O/c1-4-18(8-7-17(3)10-14(16)19)13-9-12(15)6-5-11(13)2/h5-6,9H,4,7-8,10H2,1-3H3,(H2,16,19). The van der Waals surface area contributed by atoms with Gasteiger partial charge in [-0.1, -0.05) is 17.7 Å². The molecule has 0 aliphatic heterocycles. The summed E-state index contributed by atoms with van der Waals surface area (Å²) in [5.41, 5.74) is 7.51. The number of nitrogens with zero attached hydrogens (tertiary/aromatic N) is 2. The summed E-state index contributed by atoms with van der Waals surface area (Å²) in [6.07, 6.45) is 0. The summed E-state index contributed by atoms with van der Waals surface area (Å²) in [4.78, 5) is 15.0. The van der Waals surface area contributed by atoms with E-state index in [1.165, 1.54) is 5.56 Å². The molecule has 0 heterocycles. The van der Waals surface area contributed by atoms with E-state index in [9.17, 15) is 4.79 Å². The van der Waals surface area contributed by atoms with Crippen molar-refractivity contribution in [1.82, 2.24) is 4.90 Å². The van der Waals surface area contributed by atoms with Crippen molar-refractivity contribution in [2.45, 2.75) is 13.8 Å². The summed E-state index contributed by atoms with van der Waals surface area (Å²) in [7, 11) is 1.89. The lowest BCUT2D eigenvalue weighted by molar-refractivity contribution is -0.118. The Morgan fingerprint density at radius 3 is 2.63 bits per heavy atom. The van der Waals surface area contributed by atoms with Crippen LogP contribution in [0.2, 0.25) is 5.02 Å². The van der Waals surface area contributed by atoms with E-state index in [2.05, 4.69) is 18.7 Å². The van der Waals surface area contributed by atoms with E-state index in [4.69, 9.17) is 17.3 Å². The Morgan fingerprint density at radius 1 is 1.37 bits per heavy atom. The molecule has 0 radical (unpaired) electrons. The first-order valence-electron chi connectivity index (χ1n) is 6.42. The number of primary amides is 1. The zero-order chi connectivity index (χ0) is 14.4. The highest BCUT2D eigenvalue weighted by Gasteiger charge is 2.10. The molecule has 0 aliphatic carbocycles. The lowest BCUT2D eigenvalue weighted by atomic mass is 10.2. The summed E-state index contributed by atoms with van der Waals surface area (Å²) < 4.78 is 0. The highest BCUT2D eigenvalue weighted by molar-refractivity contribution is 6.30. The van der Waals surface area contributed by atoms with Gasteiger partial charge in [-0.15, -0.1) is 0 Å². The van der Waals surface area contributed by atoms with Gasteiger partial charge in [-0.25, -0.2) is 0 Å². The number of amides is 1. The third kappa shape index (κ3) is 5.09. The number of hydrogen-bond donors (Lipinski definition) is 1. The van der Waals surface area contributed by atoms with Crippen molar-refractivity contribution in [3.05, 3.63) is 28.8 Å². The Bertz CT molecular complexity index is 437. The summed E-state index contributed by atoms with van der Waals surface area (Å²) in [6.45, 7) is 6.97. The van der Waals surface area contributed by atoms with Crippen LogP contribution in [-0.4, -0.2) is 44.0 Å². The van der Waals surface area contributed by atoms with Gasteiger partial charge in [-0.2, -0.15) is 0 Å². The SMILES string of the molecule is CCN(CCN(C)CC(N)=O)c1cc(Cl)ccc1C. The molecule has 4 nitrogen and oxygen atoms in total. The Hall–Kier alpha value is -1.26. The van der Waals surface area contributed by atoms with Gasteiger partial charge in [0.25, 0.3) is 0 Å². The number of carbonyl (C=O) groups excluding carboxylic acids is 1. The molecule has 106 valence electrons. The van der Waals surface area contributed by atoms with Crippen LogP contribution in [0, 0.1) is 6.92 Å². The average molecular weight is 284 g/mol. The van der Waals surface area contributed by atoms with Crippen molar-refractivity contribution in [3.8, 4) is 0 Å². The minimum Gasteiger partial charge on any atom is -0.370 e. The first-order valence-corrected chi connectivity index (χ1v) is 6.79. The zero-order valence-electron chi connectivity index (χ0n) is 11.8. The van der Waals surface area contributed by atoms with Gasteiger partial charge in [-0.05, 0) is 38.6 Å². The fraction of sp³-hybridized carbons (Fsp3) is 0.500. The van der Waals surface area contributed by atoms with E-state index in [0.29, 0.717) is 0 Å². The molecule has 0 aliphatic rings. The molecule has 5 heteroatoms. The van der Waals surface area contributed by atoms with Crippen LogP contribution in [0.1, 0.15) is 12.5 Å². The van der Waals surface area contributed by atoms with Crippen molar-refractivity contribution in [2.24, 2.45) is 5.73 Å². The largest absolute Gasteiger partial charge is 0.370 e. The molecule has 0 bridgehead atoms. The van der Waals surface area contributed by atoms with Gasteiger partial charge in [0.2, 0.25) is 5.91 Å². The Morgan fingerprint density at radius 2 is 2.05 bits per heavy atom. The van der Waals surface area contributed by atoms with Crippen molar-refractivity contribution >= 4 is 23.2 Å². The molecule has 0 fully saturated rings. The van der Waals surface area contributed by atoms with Gasteiger partial charge in [0, 0.05) is 30.3 Å². The van der Waals surface area contributed by atoms with Gasteiger partial charge in [-0.3, -0.25) is 9.69 Å². The minimum atomic E-state index is -0.301. The van der Waals surface area contributed by atoms with Crippen LogP contribution in [-0.2, 0) is 4.79 Å². The molecule has 0 atom stereocenters. The lowest BCUT2D eigenvalue weighted by Crippen LogP contribution is -2.37. The average Bonchev–Trinajstić information content (AvgIpc) is 2.33. The smallest absolute Gasteiger partial charge is 0.231 e. The highest BCUT2D eigenvalue weighted by atomic mass is 35.5. The molecule has 19 heavy (non-hydrogen) atoms. The second kappa shape index (κ2) is 7.36. The molecule has 1 rings (SSSR count). The van der Waals surface area contributed by atoms with Crippen LogP contribution in [0.5, 0.6) is 0 Å². The van der Waals surface area contributed by atoms with Crippen LogP contribution in [0.15, 0.2) is 18.2 Å². The molecule has 0 aromatic heterocycles. The van der Waals surface area contributed by atoms with Crippen LogP contribution < -0.4 is 10.6 Å². The van der Waals surface area contributed by atoms with Gasteiger partial charge in [0.15, 0.2) is 0 Å². The number of nitrogens with two attached hydrogens (primary N) is 1. The predicted octanol–water partition coefficient (Wildman–Crippen LogP) is 1.89. The second-order valence-corrected chi connectivity index (χ2v) is 5.15. The molecule has 0 saturated heterocycles. The summed E-state index contributed by atoms with van der Waals surface area (Å²) >= 11 is 6.05. The molecule has 0 saturated carbocycles. The van der Waals surface area contributed by atoms with E-state index in [1.807, 2.05) is 30.1 Å². The number of halogens is 1. The number of hydrogen-bond acceptors (Lipinski definition) is 3. The minimum absolute atomic E-state index is 0.284. The first-order chi connectivity index (χ1) is 8.93. The molecule has 1 amide bonds. The zero-order valence-corrected chi connectivity index (χ0v) is 12.6. The third-order valence-electron chi connectivity index (χ3n) is 3.07. The summed E-state index contributed by atoms with van der Waals surface area (Å²) in [5, 5.41) is 0.740. The molecule has 2 N–H and O–H groups in total. The highest BCUT2D eigenvalue weighted by Crippen LogP contribution is 2.24. The molecule has 1 aromatic rings. The maximum atomic E-state index is 10.8. The summed E-state index contributed by atoms with van der Waals surface area (Å²) in [5.74, 6) is -0.301. The van der Waals surface area contributed by atoms with Crippen LogP contribution in [0.25, 0.3) is 0 Å². The van der Waals surface area contributed by atoms with E-state index in [1.54, 1.807) is 0 Å². The van der Waals surface area contributed by atoms with Gasteiger partial charge >= 0.3 is 0 Å². The maximum Gasteiger partial charge on any atom is 0.231 e. The topological polar surface area (TPSA) is 49.6 Å². The van der Waals surface area contributed by atoms with Crippen LogP contribution in [0.4, 0.5) is 5.69 Å². The van der Waals surface area contributed by atoms with E-state index >= 15 is 0 Å². The lowest BCUT2D eigenvalue weighted by Gasteiger charge is -2.27. The Labute approximate surface area is 120 Å². The first kappa shape index (κ1) is 15.8. The van der Waals surface area contributed by atoms with Crippen molar-refractivity contribution in [1.29, 1.82) is 0 Å². The number of anilines is 1. The van der Waals surface area contributed by atoms with Crippen LogP contribution >= 0.6 is 11.6 Å². The van der Waals surface area contributed by atoms with Crippen molar-refractivity contribution in [2.75, 3.05) is 38.1 Å². The number of rotatable bonds is 7. The Balaban J connectivity index is 2.67. The quantitative estimate of drug-likeness (QED) is 0.831. The molecule has 1 aromatic carbocycles. The fourth-order valence-electron chi connectivity index (χ4n) is 2.01. The fourth-order valence-corrected chi connectivity index (χ4v) is 2.17. The molecule has 0 spiro atoms. The van der Waals surface area contributed by atoms with E-state index in [-0.39, 0.29) is 12.5 Å². The van der Waals surface area contributed by atoms with Gasteiger partial charge in [0.1, 0.15) is 0 Å². The van der Waals surface area contributed by atoms with Crippen molar-refractivity contribution in [3.63, 3.8) is 0 Å². The van der Waals surface area contributed by atoms with Crippen LogP contribution in [0.3, 0.4) is 0 Å². The number of aryl methyl sites for hydroxylation is 1. The van der Waals surface area contributed by atoms with Crippen molar-refractivity contribution < 1.29 is 4.79 Å². The van der Waals surface area contributed by atoms with E-state index < -0.39 is 0 Å². The maximum absolute atomic E-state index is 10.8. The predicted molar refractivity (Wildman–Crippen MR) is 80.8 cm³/mol. The van der Waals surface area contributed by atoms with Gasteiger partial charge in [0.05, 0.1) is 6.54 Å². The second-order valence-electron chi connectivity index (χ2n) is 4.71. The number of benzene rings is 1. The monoisotopic (exact) mass is 283 g/mol. The number of carbonyl (C=O) groups is 1. The molecular weight excluding hydrogens is 262 g/mol. The van der Waals surface area contributed by atoms with Gasteiger partial charge < -0.3 is 10.6 Å².